The topological polar surface area (TPSA) is 84.7 Å². The second kappa shape index (κ2) is 10.5. The van der Waals surface area contributed by atoms with Crippen molar-refractivity contribution < 1.29 is 18.8 Å². The highest BCUT2D eigenvalue weighted by Gasteiger charge is 2.28. The van der Waals surface area contributed by atoms with E-state index < -0.39 is 5.97 Å². The maximum Gasteiger partial charge on any atom is 0.345 e. The third kappa shape index (κ3) is 5.47. The van der Waals surface area contributed by atoms with Gasteiger partial charge in [0, 0.05) is 18.5 Å². The first-order valence-electron chi connectivity index (χ1n) is 8.89. The largest absolute Gasteiger partial charge is 0.465 e. The zero-order chi connectivity index (χ0) is 20.7. The van der Waals surface area contributed by atoms with E-state index in [1.54, 1.807) is 18.2 Å². The smallest absolute Gasteiger partial charge is 0.345 e. The Kier molecular flexibility index (Phi) is 8.29. The molecular weight excluding hydrogens is 405 g/mol. The Labute approximate surface area is 173 Å². The number of nitrogens with one attached hydrogen (secondary N) is 1. The molecule has 0 atom stereocenters. The second-order valence-electron chi connectivity index (χ2n) is 6.28. The van der Waals surface area contributed by atoms with Crippen molar-refractivity contribution >= 4 is 41.0 Å². The quantitative estimate of drug-likeness (QED) is 0.593. The van der Waals surface area contributed by atoms with Crippen LogP contribution in [0.4, 0.5) is 5.88 Å². The fraction of sp³-hybridized carbons (Fsp3) is 0.421. The Hall–Kier alpha value is -2.09. The monoisotopic (exact) mass is 427 g/mol. The van der Waals surface area contributed by atoms with Gasteiger partial charge >= 0.3 is 5.97 Å². The molecule has 0 saturated carbocycles. The number of anilines is 1. The van der Waals surface area contributed by atoms with Gasteiger partial charge < -0.3 is 14.2 Å². The van der Waals surface area contributed by atoms with Gasteiger partial charge in [-0.2, -0.15) is 0 Å². The minimum absolute atomic E-state index is 0.0369. The number of unbranched alkanes of at least 4 members (excludes halogenated alkanes) is 1. The van der Waals surface area contributed by atoms with Crippen LogP contribution in [0, 0.1) is 0 Å². The summed E-state index contributed by atoms with van der Waals surface area (Å²) in [5.74, 6) is -1.12. The van der Waals surface area contributed by atoms with Gasteiger partial charge in [0.15, 0.2) is 5.56 Å². The van der Waals surface area contributed by atoms with Crippen LogP contribution >= 0.6 is 23.2 Å². The molecule has 1 heterocycles. The summed E-state index contributed by atoms with van der Waals surface area (Å²) in [6, 6.07) is 4.90. The van der Waals surface area contributed by atoms with E-state index in [4.69, 9.17) is 32.5 Å². The Morgan fingerprint density at radius 1 is 1.25 bits per heavy atom. The van der Waals surface area contributed by atoms with Crippen molar-refractivity contribution in [1.29, 1.82) is 0 Å². The van der Waals surface area contributed by atoms with E-state index in [-0.39, 0.29) is 29.5 Å². The van der Waals surface area contributed by atoms with E-state index in [1.165, 1.54) is 7.11 Å². The Bertz CT molecular complexity index is 818. The van der Waals surface area contributed by atoms with Gasteiger partial charge in [0.2, 0.25) is 11.8 Å². The maximum atomic E-state index is 12.3. The van der Waals surface area contributed by atoms with E-state index in [2.05, 4.69) is 22.3 Å². The lowest BCUT2D eigenvalue weighted by molar-refractivity contribution is -0.116. The number of rotatable bonds is 9. The van der Waals surface area contributed by atoms with Gasteiger partial charge in [-0.25, -0.2) is 4.79 Å². The number of amides is 1. The molecule has 0 bridgehead atoms. The molecule has 1 aromatic heterocycles. The van der Waals surface area contributed by atoms with E-state index in [9.17, 15) is 9.59 Å². The Morgan fingerprint density at radius 3 is 2.54 bits per heavy atom. The molecule has 7 nitrogen and oxygen atoms in total. The van der Waals surface area contributed by atoms with Crippen molar-refractivity contribution in [3.8, 4) is 11.3 Å². The third-order valence-corrected chi connectivity index (χ3v) is 4.78. The fourth-order valence-corrected chi connectivity index (χ4v) is 3.16. The van der Waals surface area contributed by atoms with Crippen LogP contribution in [-0.4, -0.2) is 49.2 Å². The van der Waals surface area contributed by atoms with Crippen molar-refractivity contribution in [1.82, 2.24) is 10.1 Å². The molecule has 0 aliphatic rings. The number of benzene rings is 1. The van der Waals surface area contributed by atoms with Crippen LogP contribution in [0.5, 0.6) is 0 Å². The molecule has 0 aliphatic carbocycles. The molecule has 2 aromatic rings. The number of ether oxygens (including phenoxy) is 1. The van der Waals surface area contributed by atoms with E-state index in [0.717, 1.165) is 19.4 Å². The molecule has 0 spiro atoms. The van der Waals surface area contributed by atoms with Crippen LogP contribution in [0.3, 0.4) is 0 Å². The summed E-state index contributed by atoms with van der Waals surface area (Å²) in [7, 11) is 3.18. The van der Waals surface area contributed by atoms with Gasteiger partial charge in [-0.05, 0) is 32.1 Å². The van der Waals surface area contributed by atoms with Crippen molar-refractivity contribution in [2.45, 2.75) is 26.2 Å². The van der Waals surface area contributed by atoms with Gasteiger partial charge in [-0.15, -0.1) is 0 Å². The van der Waals surface area contributed by atoms with E-state index in [0.29, 0.717) is 22.2 Å². The summed E-state index contributed by atoms with van der Waals surface area (Å²) in [5.41, 5.74) is 0.401. The minimum Gasteiger partial charge on any atom is -0.465 e. The zero-order valence-corrected chi connectivity index (χ0v) is 17.6. The lowest BCUT2D eigenvalue weighted by Gasteiger charge is -2.15. The lowest BCUT2D eigenvalue weighted by Crippen LogP contribution is -2.25. The van der Waals surface area contributed by atoms with Crippen molar-refractivity contribution in [2.24, 2.45) is 0 Å². The summed E-state index contributed by atoms with van der Waals surface area (Å²) >= 11 is 12.4. The lowest BCUT2D eigenvalue weighted by atomic mass is 10.1. The van der Waals surface area contributed by atoms with Crippen LogP contribution in [0.1, 0.15) is 36.5 Å². The van der Waals surface area contributed by atoms with Crippen LogP contribution in [0.25, 0.3) is 11.3 Å². The number of halogens is 2. The van der Waals surface area contributed by atoms with E-state index >= 15 is 0 Å². The average molecular weight is 428 g/mol. The number of hydrogen-bond donors (Lipinski definition) is 1. The van der Waals surface area contributed by atoms with E-state index in [1.807, 2.05) is 7.05 Å². The maximum absolute atomic E-state index is 12.3. The number of nitrogens with zero attached hydrogens (tertiary/aromatic N) is 2. The molecule has 0 unspecified atom stereocenters. The number of methoxy groups -OCH3 is 1. The molecule has 152 valence electrons. The van der Waals surface area contributed by atoms with Crippen LogP contribution in [0.2, 0.25) is 10.0 Å². The Morgan fingerprint density at radius 2 is 1.93 bits per heavy atom. The summed E-state index contributed by atoms with van der Waals surface area (Å²) in [6.07, 6.45) is 2.39. The summed E-state index contributed by atoms with van der Waals surface area (Å²) in [6.45, 7) is 3.60. The highest BCUT2D eigenvalue weighted by atomic mass is 35.5. The first-order chi connectivity index (χ1) is 13.4. The van der Waals surface area contributed by atoms with Crippen molar-refractivity contribution in [2.75, 3.05) is 32.6 Å². The Balaban J connectivity index is 2.23. The molecule has 9 heteroatoms. The number of esters is 1. The van der Waals surface area contributed by atoms with Crippen LogP contribution in [-0.2, 0) is 9.53 Å². The van der Waals surface area contributed by atoms with Crippen LogP contribution < -0.4 is 5.32 Å². The predicted octanol–water partition coefficient (Wildman–Crippen LogP) is 4.50. The van der Waals surface area contributed by atoms with Gasteiger partial charge in [-0.1, -0.05) is 47.8 Å². The number of carbonyl (C=O) groups excluding carboxylic acids is 2. The number of carbonyl (C=O) groups is 2. The standard InChI is InChI=1S/C19H23Cl2N3O4/c1-4-5-10-24(2)11-9-14(25)22-18-16(19(26)27-3)17(23-28-18)15-12(20)7-6-8-13(15)21/h6-8H,4-5,9-11H2,1-3H3,(H,22,25). The number of hydrogen-bond acceptors (Lipinski definition) is 6. The highest BCUT2D eigenvalue weighted by molar-refractivity contribution is 6.39. The normalized spacial score (nSPS) is 10.9. The van der Waals surface area contributed by atoms with Gasteiger partial charge in [0.05, 0.1) is 17.2 Å². The van der Waals surface area contributed by atoms with Crippen molar-refractivity contribution in [3.05, 3.63) is 33.8 Å². The molecule has 1 amide bonds. The molecule has 1 aromatic carbocycles. The third-order valence-electron chi connectivity index (χ3n) is 4.15. The number of aromatic nitrogens is 1. The molecule has 0 radical (unpaired) electrons. The molecule has 2 rings (SSSR count). The summed E-state index contributed by atoms with van der Waals surface area (Å²) in [4.78, 5) is 26.7. The fourth-order valence-electron chi connectivity index (χ4n) is 2.58. The molecule has 0 aliphatic heterocycles. The van der Waals surface area contributed by atoms with Gasteiger partial charge in [-0.3, -0.25) is 10.1 Å². The molecule has 28 heavy (non-hydrogen) atoms. The first-order valence-corrected chi connectivity index (χ1v) is 9.65. The van der Waals surface area contributed by atoms with Gasteiger partial charge in [0.1, 0.15) is 5.69 Å². The van der Waals surface area contributed by atoms with Crippen LogP contribution in [0.15, 0.2) is 22.7 Å². The highest BCUT2D eigenvalue weighted by Crippen LogP contribution is 2.38. The average Bonchev–Trinajstić information content (AvgIpc) is 3.07. The molecular formula is C19H23Cl2N3O4. The zero-order valence-electron chi connectivity index (χ0n) is 16.1. The molecule has 0 saturated heterocycles. The second-order valence-corrected chi connectivity index (χ2v) is 7.09. The predicted molar refractivity (Wildman–Crippen MR) is 109 cm³/mol. The molecule has 1 N–H and O–H groups in total. The minimum atomic E-state index is -0.720. The molecule has 0 fully saturated rings. The van der Waals surface area contributed by atoms with Crippen molar-refractivity contribution in [3.63, 3.8) is 0 Å². The van der Waals surface area contributed by atoms with Gasteiger partial charge in [0.25, 0.3) is 0 Å². The summed E-state index contributed by atoms with van der Waals surface area (Å²) < 4.78 is 10.0. The first kappa shape index (κ1) is 22.2. The SMILES string of the molecule is CCCCN(C)CCC(=O)Nc1onc(-c2c(Cl)cccc2Cl)c1C(=O)OC. The summed E-state index contributed by atoms with van der Waals surface area (Å²) in [5, 5.41) is 7.07.